The zero-order valence-electron chi connectivity index (χ0n) is 20.6. The van der Waals surface area contributed by atoms with Crippen LogP contribution in [0.3, 0.4) is 0 Å². The van der Waals surface area contributed by atoms with Crippen LogP contribution in [-0.4, -0.2) is 35.0 Å². The average Bonchev–Trinajstić information content (AvgIpc) is 2.77. The predicted octanol–water partition coefficient (Wildman–Crippen LogP) is 1.23. The number of ether oxygens (including phenoxy) is 1. The first-order chi connectivity index (χ1) is 16.2. The molecule has 0 saturated carbocycles. The van der Waals surface area contributed by atoms with Crippen molar-refractivity contribution in [1.82, 2.24) is 0 Å². The van der Waals surface area contributed by atoms with Gasteiger partial charge in [-0.05, 0) is 47.2 Å². The monoisotopic (exact) mass is 488 g/mol. The minimum atomic E-state index is -1.38. The van der Waals surface area contributed by atoms with Crippen molar-refractivity contribution in [3.05, 3.63) is 77.6 Å². The zero-order chi connectivity index (χ0) is 24.8. The van der Waals surface area contributed by atoms with Gasteiger partial charge in [0.1, 0.15) is 18.2 Å². The molecule has 0 saturated heterocycles. The van der Waals surface area contributed by atoms with Crippen molar-refractivity contribution >= 4 is 5.97 Å². The summed E-state index contributed by atoms with van der Waals surface area (Å²) >= 11 is 0. The second kappa shape index (κ2) is 13.2. The molecule has 0 amide bonds. The minimum Gasteiger partial charge on any atom is -0.550 e. The van der Waals surface area contributed by atoms with Crippen LogP contribution in [0.5, 0.6) is 5.75 Å². The van der Waals surface area contributed by atoms with Crippen molar-refractivity contribution in [3.63, 3.8) is 0 Å². The van der Waals surface area contributed by atoms with Crippen molar-refractivity contribution in [2.24, 2.45) is 0 Å². The summed E-state index contributed by atoms with van der Waals surface area (Å²) in [5, 5.41) is 30.9. The second-order valence-electron chi connectivity index (χ2n) is 8.86. The maximum atomic E-state index is 13.7. The molecule has 3 aromatic carbocycles. The van der Waals surface area contributed by atoms with Crippen molar-refractivity contribution < 1.29 is 58.8 Å². The molecule has 5 nitrogen and oxygen atoms in total. The number of aliphatic hydroxyl groups excluding tert-OH is 2. The molecule has 0 aliphatic rings. The van der Waals surface area contributed by atoms with Gasteiger partial charge in [0.15, 0.2) is 0 Å². The van der Waals surface area contributed by atoms with Crippen LogP contribution in [0, 0.1) is 12.7 Å². The van der Waals surface area contributed by atoms with Crippen molar-refractivity contribution in [2.75, 3.05) is 6.61 Å². The molecule has 3 aromatic rings. The van der Waals surface area contributed by atoms with E-state index in [1.165, 1.54) is 12.1 Å². The third-order valence-corrected chi connectivity index (χ3v) is 5.67. The van der Waals surface area contributed by atoms with E-state index < -0.39 is 24.6 Å². The number of rotatable bonds is 10. The van der Waals surface area contributed by atoms with E-state index in [9.17, 15) is 24.5 Å². The Labute approximate surface area is 227 Å². The molecule has 0 aliphatic heterocycles. The molecule has 0 aromatic heterocycles. The Kier molecular flexibility index (Phi) is 10.9. The van der Waals surface area contributed by atoms with Crippen molar-refractivity contribution in [1.29, 1.82) is 0 Å². The van der Waals surface area contributed by atoms with Crippen LogP contribution < -0.4 is 39.4 Å². The Balaban J connectivity index is 0.00000432. The van der Waals surface area contributed by atoms with Crippen molar-refractivity contribution in [3.8, 4) is 28.0 Å². The minimum absolute atomic E-state index is 0. The molecule has 2 N–H and O–H groups in total. The number of carboxylic acid groups (broad SMARTS) is 1. The molecule has 0 spiro atoms. The molecule has 2 atom stereocenters. The fourth-order valence-corrected chi connectivity index (χ4v) is 3.92. The third kappa shape index (κ3) is 7.89. The number of halogens is 1. The third-order valence-electron chi connectivity index (χ3n) is 5.67. The van der Waals surface area contributed by atoms with Gasteiger partial charge >= 0.3 is 29.6 Å². The Morgan fingerprint density at radius 2 is 1.54 bits per heavy atom. The quantitative estimate of drug-likeness (QED) is 0.419. The number of hydrogen-bond acceptors (Lipinski definition) is 5. The summed E-state index contributed by atoms with van der Waals surface area (Å²) in [5.74, 6) is -1.07. The van der Waals surface area contributed by atoms with Crippen LogP contribution in [0.15, 0.2) is 60.7 Å². The molecule has 0 fully saturated rings. The standard InChI is InChI=1S/C28H31FO5.Na/c1-17(2)24-12-13-25(19-6-4-18(3)5-7-19)27(20-8-10-21(29)11-9-20)28(24)34-16-23(31)14-22(30)15-26(32)33;/h4-13,17,22-23,30-31H,14-16H2,1-3H3,(H,32,33);/q;+1/p-1/t22-,23+;/m1./s1. The van der Waals surface area contributed by atoms with E-state index in [4.69, 9.17) is 4.74 Å². The van der Waals surface area contributed by atoms with E-state index in [1.807, 2.05) is 57.2 Å². The summed E-state index contributed by atoms with van der Waals surface area (Å²) in [5.41, 5.74) is 5.45. The first-order valence-corrected chi connectivity index (χ1v) is 11.3. The molecule has 35 heavy (non-hydrogen) atoms. The predicted molar refractivity (Wildman–Crippen MR) is 128 cm³/mol. The van der Waals surface area contributed by atoms with E-state index in [2.05, 4.69) is 0 Å². The Hall–Kier alpha value is -2.22. The number of carbonyl (C=O) groups excluding carboxylic acids is 1. The van der Waals surface area contributed by atoms with Crippen LogP contribution in [0.2, 0.25) is 0 Å². The van der Waals surface area contributed by atoms with E-state index in [0.29, 0.717) is 5.75 Å². The molecule has 3 rings (SSSR count). The van der Waals surface area contributed by atoms with E-state index in [-0.39, 0.29) is 54.3 Å². The summed E-state index contributed by atoms with van der Waals surface area (Å²) in [6.07, 6.45) is -3.03. The van der Waals surface area contributed by atoms with Gasteiger partial charge in [0.2, 0.25) is 0 Å². The summed E-state index contributed by atoms with van der Waals surface area (Å²) < 4.78 is 19.9. The van der Waals surface area contributed by atoms with Gasteiger partial charge in [-0.25, -0.2) is 4.39 Å². The Bertz CT molecular complexity index is 1110. The van der Waals surface area contributed by atoms with E-state index >= 15 is 0 Å². The molecular weight excluding hydrogens is 458 g/mol. The summed E-state index contributed by atoms with van der Waals surface area (Å²) in [6.45, 7) is 5.93. The smallest absolute Gasteiger partial charge is 0.550 e. The number of carboxylic acids is 1. The van der Waals surface area contributed by atoms with E-state index in [0.717, 1.165) is 33.4 Å². The van der Waals surface area contributed by atoms with Crippen molar-refractivity contribution in [2.45, 2.75) is 51.7 Å². The molecule has 0 heterocycles. The fraction of sp³-hybridized carbons (Fsp3) is 0.321. The number of aliphatic carboxylic acids is 1. The van der Waals surface area contributed by atoms with Crippen LogP contribution in [0.4, 0.5) is 4.39 Å². The van der Waals surface area contributed by atoms with Gasteiger partial charge in [-0.15, -0.1) is 0 Å². The van der Waals surface area contributed by atoms with Crippen LogP contribution in [0.1, 0.15) is 43.7 Å². The molecule has 0 unspecified atom stereocenters. The number of carbonyl (C=O) groups is 1. The number of hydrogen-bond donors (Lipinski definition) is 2. The second-order valence-corrected chi connectivity index (χ2v) is 8.86. The summed E-state index contributed by atoms with van der Waals surface area (Å²) in [4.78, 5) is 10.7. The fourth-order valence-electron chi connectivity index (χ4n) is 3.92. The number of aryl methyl sites for hydroxylation is 1. The van der Waals surface area contributed by atoms with Gasteiger partial charge in [0.25, 0.3) is 0 Å². The van der Waals surface area contributed by atoms with Gasteiger partial charge in [-0.2, -0.15) is 0 Å². The number of aliphatic hydroxyl groups is 2. The molecule has 0 bridgehead atoms. The molecule has 180 valence electrons. The van der Waals surface area contributed by atoms with Crippen LogP contribution >= 0.6 is 0 Å². The van der Waals surface area contributed by atoms with Gasteiger partial charge in [-0.1, -0.05) is 67.9 Å². The van der Waals surface area contributed by atoms with Crippen LogP contribution in [-0.2, 0) is 4.79 Å². The van der Waals surface area contributed by atoms with Gasteiger partial charge in [0, 0.05) is 24.4 Å². The number of benzene rings is 3. The maximum Gasteiger partial charge on any atom is 1.00 e. The first kappa shape index (κ1) is 29.0. The Morgan fingerprint density at radius 3 is 2.11 bits per heavy atom. The normalized spacial score (nSPS) is 12.7. The zero-order valence-corrected chi connectivity index (χ0v) is 22.6. The summed E-state index contributed by atoms with van der Waals surface area (Å²) in [6, 6.07) is 18.2. The van der Waals surface area contributed by atoms with Crippen LogP contribution in [0.25, 0.3) is 22.3 Å². The molecule has 0 aliphatic carbocycles. The maximum absolute atomic E-state index is 13.7. The molecule has 7 heteroatoms. The Morgan fingerprint density at radius 1 is 0.943 bits per heavy atom. The SMILES string of the molecule is Cc1ccc(-c2ccc(C(C)C)c(OC[C@@H](O)C[C@@H](O)CC(=O)[O-])c2-c2ccc(F)cc2)cc1.[Na+]. The molecule has 0 radical (unpaired) electrons. The summed E-state index contributed by atoms with van der Waals surface area (Å²) in [7, 11) is 0. The first-order valence-electron chi connectivity index (χ1n) is 11.3. The van der Waals surface area contributed by atoms with Gasteiger partial charge in [0.05, 0.1) is 12.2 Å². The largest absolute Gasteiger partial charge is 1.00 e. The van der Waals surface area contributed by atoms with Gasteiger partial charge in [-0.3, -0.25) is 0 Å². The van der Waals surface area contributed by atoms with Gasteiger partial charge < -0.3 is 24.9 Å². The molecular formula is C28H30FNaO5. The van der Waals surface area contributed by atoms with E-state index in [1.54, 1.807) is 12.1 Å². The topological polar surface area (TPSA) is 89.8 Å². The average molecular weight is 489 g/mol.